The van der Waals surface area contributed by atoms with Gasteiger partial charge in [-0.3, -0.25) is 9.88 Å². The van der Waals surface area contributed by atoms with Gasteiger partial charge in [-0.25, -0.2) is 0 Å². The zero-order valence-corrected chi connectivity index (χ0v) is 11.3. The Morgan fingerprint density at radius 2 is 2.17 bits per heavy atom. The van der Waals surface area contributed by atoms with Crippen molar-refractivity contribution in [3.63, 3.8) is 0 Å². The maximum atomic E-state index is 4.62. The second-order valence-corrected chi connectivity index (χ2v) is 5.90. The molecule has 0 bridgehead atoms. The highest BCUT2D eigenvalue weighted by molar-refractivity contribution is 5.10. The molecule has 98 valence electrons. The number of hydrogen-bond donors (Lipinski definition) is 1. The number of pyridine rings is 1. The fraction of sp³-hybridized carbons (Fsp3) is 0.667. The third-order valence-electron chi connectivity index (χ3n) is 4.35. The Bertz CT molecular complexity index is 410. The molecule has 0 aromatic carbocycles. The van der Waals surface area contributed by atoms with E-state index in [9.17, 15) is 0 Å². The molecule has 1 aromatic rings. The van der Waals surface area contributed by atoms with Gasteiger partial charge in [0, 0.05) is 37.4 Å². The summed E-state index contributed by atoms with van der Waals surface area (Å²) in [5.41, 5.74) is 2.76. The third-order valence-corrected chi connectivity index (χ3v) is 4.35. The predicted molar refractivity (Wildman–Crippen MR) is 73.5 cm³/mol. The van der Waals surface area contributed by atoms with Gasteiger partial charge in [-0.1, -0.05) is 18.9 Å². The minimum absolute atomic E-state index is 0.419. The van der Waals surface area contributed by atoms with Crippen LogP contribution in [0.1, 0.15) is 37.1 Å². The topological polar surface area (TPSA) is 28.2 Å². The Balaban J connectivity index is 1.66. The number of nitrogens with one attached hydrogen (secondary N) is 1. The quantitative estimate of drug-likeness (QED) is 0.865. The smallest absolute Gasteiger partial charge is 0.0547 e. The fourth-order valence-electron chi connectivity index (χ4n) is 3.48. The van der Waals surface area contributed by atoms with E-state index < -0.39 is 0 Å². The van der Waals surface area contributed by atoms with Gasteiger partial charge in [0.2, 0.25) is 0 Å². The first-order chi connectivity index (χ1) is 8.76. The minimum Gasteiger partial charge on any atom is -0.309 e. The summed E-state index contributed by atoms with van der Waals surface area (Å²) in [4.78, 5) is 7.19. The number of aryl methyl sites for hydroxylation is 1. The van der Waals surface area contributed by atoms with Gasteiger partial charge in [0.05, 0.1) is 5.69 Å². The molecule has 0 atom stereocenters. The van der Waals surface area contributed by atoms with Crippen molar-refractivity contribution >= 4 is 0 Å². The second kappa shape index (κ2) is 4.98. The molecule has 1 saturated carbocycles. The minimum atomic E-state index is 0.419. The van der Waals surface area contributed by atoms with Crippen LogP contribution in [-0.4, -0.2) is 35.1 Å². The van der Waals surface area contributed by atoms with Crippen LogP contribution in [0.15, 0.2) is 18.2 Å². The van der Waals surface area contributed by atoms with Gasteiger partial charge in [0.15, 0.2) is 0 Å². The third kappa shape index (κ3) is 2.57. The van der Waals surface area contributed by atoms with E-state index in [0.29, 0.717) is 5.54 Å². The average molecular weight is 245 g/mol. The Morgan fingerprint density at radius 3 is 2.94 bits per heavy atom. The van der Waals surface area contributed by atoms with Crippen molar-refractivity contribution in [3.05, 3.63) is 29.6 Å². The Morgan fingerprint density at radius 1 is 1.33 bits per heavy atom. The molecule has 18 heavy (non-hydrogen) atoms. The molecular formula is C15H23N3. The molecule has 2 fully saturated rings. The first kappa shape index (κ1) is 12.1. The molecule has 1 aliphatic carbocycles. The molecule has 3 nitrogen and oxygen atoms in total. The maximum Gasteiger partial charge on any atom is 0.0547 e. The van der Waals surface area contributed by atoms with E-state index in [2.05, 4.69) is 40.3 Å². The normalized spacial score (nSPS) is 23.6. The zero-order chi connectivity index (χ0) is 12.4. The van der Waals surface area contributed by atoms with Crippen molar-refractivity contribution in [1.82, 2.24) is 15.2 Å². The van der Waals surface area contributed by atoms with Crippen molar-refractivity contribution in [1.29, 1.82) is 0 Å². The summed E-state index contributed by atoms with van der Waals surface area (Å²) in [6, 6.07) is 6.33. The highest BCUT2D eigenvalue weighted by atomic mass is 15.2. The molecule has 3 heteroatoms. The van der Waals surface area contributed by atoms with E-state index in [1.807, 2.05) is 0 Å². The maximum absolute atomic E-state index is 4.62. The number of nitrogens with zero attached hydrogens (tertiary/aromatic N) is 2. The molecule has 1 spiro atoms. The van der Waals surface area contributed by atoms with Crippen LogP contribution < -0.4 is 5.32 Å². The lowest BCUT2D eigenvalue weighted by atomic mass is 9.94. The summed E-state index contributed by atoms with van der Waals surface area (Å²) in [6.45, 7) is 6.55. The summed E-state index contributed by atoms with van der Waals surface area (Å²) in [6.07, 6.45) is 5.49. The SMILES string of the molecule is Cc1cccc(CN2CCNC3(CCCC3)C2)n1. The summed E-state index contributed by atoms with van der Waals surface area (Å²) >= 11 is 0. The number of hydrogen-bond acceptors (Lipinski definition) is 3. The van der Waals surface area contributed by atoms with Crippen LogP contribution in [0.3, 0.4) is 0 Å². The van der Waals surface area contributed by atoms with E-state index in [1.165, 1.54) is 37.9 Å². The van der Waals surface area contributed by atoms with Crippen LogP contribution in [0, 0.1) is 6.92 Å². The van der Waals surface area contributed by atoms with Gasteiger partial charge in [-0.15, -0.1) is 0 Å². The Hall–Kier alpha value is -0.930. The molecule has 0 unspecified atom stereocenters. The molecule has 3 rings (SSSR count). The lowest BCUT2D eigenvalue weighted by Crippen LogP contribution is -2.58. The van der Waals surface area contributed by atoms with Crippen LogP contribution in [0.2, 0.25) is 0 Å². The molecule has 1 N–H and O–H groups in total. The van der Waals surface area contributed by atoms with E-state index in [4.69, 9.17) is 0 Å². The standard InChI is InChI=1S/C15H23N3/c1-13-5-4-6-14(17-13)11-18-10-9-16-15(12-18)7-2-3-8-15/h4-6,16H,2-3,7-12H2,1H3. The molecule has 2 heterocycles. The largest absolute Gasteiger partial charge is 0.309 e. The van der Waals surface area contributed by atoms with Crippen molar-refractivity contribution in [2.45, 2.75) is 44.7 Å². The number of aromatic nitrogens is 1. The first-order valence-corrected chi connectivity index (χ1v) is 7.16. The molecular weight excluding hydrogens is 222 g/mol. The summed E-state index contributed by atoms with van der Waals surface area (Å²) < 4.78 is 0. The second-order valence-electron chi connectivity index (χ2n) is 5.90. The van der Waals surface area contributed by atoms with Crippen LogP contribution >= 0.6 is 0 Å². The van der Waals surface area contributed by atoms with Crippen molar-refractivity contribution in [2.75, 3.05) is 19.6 Å². The molecule has 0 amide bonds. The summed E-state index contributed by atoms with van der Waals surface area (Å²) in [5.74, 6) is 0. The molecule has 0 radical (unpaired) electrons. The first-order valence-electron chi connectivity index (χ1n) is 7.16. The van der Waals surface area contributed by atoms with Crippen molar-refractivity contribution in [2.24, 2.45) is 0 Å². The van der Waals surface area contributed by atoms with Gasteiger partial charge in [0.1, 0.15) is 0 Å². The van der Waals surface area contributed by atoms with Gasteiger partial charge < -0.3 is 5.32 Å². The molecule has 1 aromatic heterocycles. The van der Waals surface area contributed by atoms with Gasteiger partial charge in [-0.05, 0) is 31.9 Å². The van der Waals surface area contributed by atoms with Crippen LogP contribution in [-0.2, 0) is 6.54 Å². The fourth-order valence-corrected chi connectivity index (χ4v) is 3.48. The van der Waals surface area contributed by atoms with E-state index in [0.717, 1.165) is 25.3 Å². The van der Waals surface area contributed by atoms with E-state index in [-0.39, 0.29) is 0 Å². The predicted octanol–water partition coefficient (Wildman–Crippen LogP) is 2.11. The number of piperazine rings is 1. The molecule has 1 saturated heterocycles. The molecule has 2 aliphatic rings. The molecule has 1 aliphatic heterocycles. The lowest BCUT2D eigenvalue weighted by Gasteiger charge is -2.41. The summed E-state index contributed by atoms with van der Waals surface area (Å²) in [7, 11) is 0. The summed E-state index contributed by atoms with van der Waals surface area (Å²) in [5, 5.41) is 3.76. The van der Waals surface area contributed by atoms with Crippen molar-refractivity contribution < 1.29 is 0 Å². The Labute approximate surface area is 110 Å². The van der Waals surface area contributed by atoms with E-state index >= 15 is 0 Å². The highest BCUT2D eigenvalue weighted by Gasteiger charge is 2.37. The van der Waals surface area contributed by atoms with Gasteiger partial charge >= 0.3 is 0 Å². The monoisotopic (exact) mass is 245 g/mol. The number of rotatable bonds is 2. The van der Waals surface area contributed by atoms with Gasteiger partial charge in [0.25, 0.3) is 0 Å². The Kier molecular flexibility index (Phi) is 3.35. The van der Waals surface area contributed by atoms with Gasteiger partial charge in [-0.2, -0.15) is 0 Å². The zero-order valence-electron chi connectivity index (χ0n) is 11.3. The van der Waals surface area contributed by atoms with Crippen LogP contribution in [0.25, 0.3) is 0 Å². The lowest BCUT2D eigenvalue weighted by molar-refractivity contribution is 0.127. The van der Waals surface area contributed by atoms with Crippen molar-refractivity contribution in [3.8, 4) is 0 Å². The van der Waals surface area contributed by atoms with E-state index in [1.54, 1.807) is 0 Å². The average Bonchev–Trinajstić information content (AvgIpc) is 2.77. The van der Waals surface area contributed by atoms with Crippen LogP contribution in [0.4, 0.5) is 0 Å². The highest BCUT2D eigenvalue weighted by Crippen LogP contribution is 2.32. The van der Waals surface area contributed by atoms with Crippen LogP contribution in [0.5, 0.6) is 0 Å².